The third-order valence-electron chi connectivity index (χ3n) is 1.86. The van der Waals surface area contributed by atoms with Crippen molar-refractivity contribution in [1.29, 1.82) is 0 Å². The second kappa shape index (κ2) is 8.17. The lowest BCUT2D eigenvalue weighted by Crippen LogP contribution is -2.54. The van der Waals surface area contributed by atoms with Gasteiger partial charge >= 0.3 is 0 Å². The van der Waals surface area contributed by atoms with E-state index >= 15 is 0 Å². The van der Waals surface area contributed by atoms with E-state index < -0.39 is 42.3 Å². The minimum absolute atomic E-state index is 0.0694. The molecule has 0 aromatic heterocycles. The summed E-state index contributed by atoms with van der Waals surface area (Å²) in [6, 6.07) is 0. The van der Waals surface area contributed by atoms with Crippen LogP contribution >= 0.6 is 0 Å². The van der Waals surface area contributed by atoms with E-state index in [4.69, 9.17) is 5.11 Å². The number of nitrogens with zero attached hydrogens (tertiary/aromatic N) is 1. The van der Waals surface area contributed by atoms with Gasteiger partial charge in [-0.2, -0.15) is 0 Å². The van der Waals surface area contributed by atoms with Crippen LogP contribution in [0.1, 0.15) is 12.8 Å². The molecule has 122 valence electrons. The van der Waals surface area contributed by atoms with Gasteiger partial charge in [0, 0.05) is 24.8 Å². The van der Waals surface area contributed by atoms with Crippen molar-refractivity contribution in [3.63, 3.8) is 0 Å². The van der Waals surface area contributed by atoms with Gasteiger partial charge in [0.15, 0.2) is 0 Å². The van der Waals surface area contributed by atoms with Crippen molar-refractivity contribution < 1.29 is 49.2 Å². The molecule has 0 aliphatic carbocycles. The standard InChI is InChI=1S/C6H8O7.C5H11NO2/c7-3(8)1-6(13,5(11)12)2-4(9)10;1-6(2,3)4-5(7)8/h13H,1-2H2,(H,7,8)(H,9,10)(H,11,12);4H2,1-3H3/p-3. The third kappa shape index (κ3) is 12.6. The van der Waals surface area contributed by atoms with Gasteiger partial charge in [-0.05, 0) is 0 Å². The summed E-state index contributed by atoms with van der Waals surface area (Å²) >= 11 is 0. The Hall–Kier alpha value is -2.20. The van der Waals surface area contributed by atoms with E-state index in [2.05, 4.69) is 0 Å². The topological polar surface area (TPSA) is 181 Å². The smallest absolute Gasteiger partial charge is 0.118 e. The molecule has 21 heavy (non-hydrogen) atoms. The van der Waals surface area contributed by atoms with Crippen molar-refractivity contribution in [2.45, 2.75) is 18.4 Å². The van der Waals surface area contributed by atoms with Crippen LogP contribution in [-0.2, 0) is 19.2 Å². The number of carboxylic acid groups (broad SMARTS) is 4. The van der Waals surface area contributed by atoms with Crippen LogP contribution in [0.2, 0.25) is 0 Å². The van der Waals surface area contributed by atoms with Gasteiger partial charge in [0.25, 0.3) is 0 Å². The zero-order chi connectivity index (χ0) is 17.4. The molecule has 0 heterocycles. The Morgan fingerprint density at radius 1 is 0.857 bits per heavy atom. The van der Waals surface area contributed by atoms with Gasteiger partial charge in [0.2, 0.25) is 0 Å². The first-order valence-electron chi connectivity index (χ1n) is 5.53. The first-order chi connectivity index (χ1) is 9.19. The monoisotopic (exact) mass is 306 g/mol. The van der Waals surface area contributed by atoms with Crippen molar-refractivity contribution >= 4 is 23.9 Å². The van der Waals surface area contributed by atoms with E-state index in [0.717, 1.165) is 0 Å². The molecule has 0 aromatic carbocycles. The van der Waals surface area contributed by atoms with Crippen LogP contribution < -0.4 is 20.4 Å². The number of aliphatic carboxylic acids is 4. The summed E-state index contributed by atoms with van der Waals surface area (Å²) in [5.74, 6) is -6.99. The normalized spacial score (nSPS) is 11.0. The highest BCUT2D eigenvalue weighted by Crippen LogP contribution is 2.13. The first kappa shape index (κ1) is 21.1. The molecule has 0 atom stereocenters. The van der Waals surface area contributed by atoms with Crippen molar-refractivity contribution in [2.75, 3.05) is 27.7 Å². The van der Waals surface area contributed by atoms with E-state index in [1.165, 1.54) is 0 Å². The van der Waals surface area contributed by atoms with Gasteiger partial charge in [0.05, 0.1) is 33.1 Å². The Morgan fingerprint density at radius 3 is 1.29 bits per heavy atom. The molecule has 0 bridgehead atoms. The summed E-state index contributed by atoms with van der Waals surface area (Å²) in [5, 5.41) is 48.8. The lowest BCUT2D eigenvalue weighted by atomic mass is 9.96. The Kier molecular flexibility index (Phi) is 8.21. The Labute approximate surface area is 120 Å². The van der Waals surface area contributed by atoms with Crippen LogP contribution in [0.5, 0.6) is 0 Å². The van der Waals surface area contributed by atoms with E-state index in [1.807, 2.05) is 0 Å². The molecule has 0 aromatic rings. The number of hydrogen-bond acceptors (Lipinski definition) is 9. The fourth-order valence-corrected chi connectivity index (χ4v) is 1.07. The number of likely N-dealkylation sites (N-methyl/N-ethyl adjacent to an activating group) is 1. The fraction of sp³-hybridized carbons (Fsp3) is 0.636. The molecule has 0 rings (SSSR count). The number of carboxylic acids is 4. The van der Waals surface area contributed by atoms with Gasteiger partial charge < -0.3 is 49.2 Å². The van der Waals surface area contributed by atoms with Gasteiger partial charge in [0.1, 0.15) is 12.1 Å². The molecule has 1 N–H and O–H groups in total. The molecule has 0 saturated heterocycles. The summed E-state index contributed by atoms with van der Waals surface area (Å²) in [4.78, 5) is 39.9. The van der Waals surface area contributed by atoms with E-state index in [0.29, 0.717) is 4.48 Å². The van der Waals surface area contributed by atoms with Gasteiger partial charge in [-0.1, -0.05) is 0 Å². The molecule has 0 radical (unpaired) electrons. The first-order valence-corrected chi connectivity index (χ1v) is 5.53. The van der Waals surface area contributed by atoms with Gasteiger partial charge in [-0.15, -0.1) is 0 Å². The Morgan fingerprint density at radius 2 is 1.19 bits per heavy atom. The maximum atomic E-state index is 10.1. The number of carbonyl (C=O) groups is 4. The SMILES string of the molecule is C[N+](C)(C)CC(=O)[O-].O=C([O-])CC(O)(CC(=O)[O-])C(=O)[O-]. The Bertz CT molecular complexity index is 394. The van der Waals surface area contributed by atoms with E-state index in [9.17, 15) is 39.6 Å². The molecular weight excluding hydrogens is 290 g/mol. The highest BCUT2D eigenvalue weighted by Gasteiger charge is 2.29. The number of carbonyl (C=O) groups excluding carboxylic acids is 4. The van der Waals surface area contributed by atoms with Crippen LogP contribution in [-0.4, -0.2) is 66.8 Å². The molecule has 0 aliphatic heterocycles. The van der Waals surface area contributed by atoms with Gasteiger partial charge in [-0.3, -0.25) is 0 Å². The number of rotatable bonds is 7. The number of hydrogen-bond donors (Lipinski definition) is 1. The summed E-state index contributed by atoms with van der Waals surface area (Å²) in [6.07, 6.45) is -2.72. The third-order valence-corrected chi connectivity index (χ3v) is 1.86. The predicted octanol–water partition coefficient (Wildman–Crippen LogP) is -6.81. The quantitative estimate of drug-likeness (QED) is 0.447. The molecular formula is C11H16NO9-3. The lowest BCUT2D eigenvalue weighted by Gasteiger charge is -2.29. The second-order valence-corrected chi connectivity index (χ2v) is 5.24. The molecule has 0 fully saturated rings. The predicted molar refractivity (Wildman–Crippen MR) is 57.1 cm³/mol. The fourth-order valence-electron chi connectivity index (χ4n) is 1.07. The van der Waals surface area contributed by atoms with Crippen LogP contribution in [0.25, 0.3) is 0 Å². The average Bonchev–Trinajstić information content (AvgIpc) is 2.10. The molecule has 10 heteroatoms. The maximum Gasteiger partial charge on any atom is 0.118 e. The minimum atomic E-state index is -2.97. The maximum absolute atomic E-state index is 10.1. The minimum Gasteiger partial charge on any atom is -0.550 e. The van der Waals surface area contributed by atoms with Crippen molar-refractivity contribution in [3.05, 3.63) is 0 Å². The second-order valence-electron chi connectivity index (χ2n) is 5.24. The van der Waals surface area contributed by atoms with Crippen LogP contribution in [0.3, 0.4) is 0 Å². The molecule has 0 aliphatic rings. The lowest BCUT2D eigenvalue weighted by molar-refractivity contribution is -0.864. The Balaban J connectivity index is 0. The molecule has 0 spiro atoms. The highest BCUT2D eigenvalue weighted by atomic mass is 16.4. The van der Waals surface area contributed by atoms with Gasteiger partial charge in [-0.25, -0.2) is 0 Å². The number of quaternary nitrogens is 1. The summed E-state index contributed by atoms with van der Waals surface area (Å²) < 4.78 is 0.419. The van der Waals surface area contributed by atoms with Crippen LogP contribution in [0.15, 0.2) is 0 Å². The summed E-state index contributed by atoms with van der Waals surface area (Å²) in [7, 11) is 5.40. The van der Waals surface area contributed by atoms with E-state index in [1.54, 1.807) is 21.1 Å². The average molecular weight is 306 g/mol. The summed E-state index contributed by atoms with van der Waals surface area (Å²) in [5.41, 5.74) is -2.97. The van der Waals surface area contributed by atoms with Crippen molar-refractivity contribution in [1.82, 2.24) is 0 Å². The van der Waals surface area contributed by atoms with Crippen molar-refractivity contribution in [2.24, 2.45) is 0 Å². The number of aliphatic hydroxyl groups is 1. The van der Waals surface area contributed by atoms with E-state index in [-0.39, 0.29) is 6.54 Å². The largest absolute Gasteiger partial charge is 0.550 e. The van der Waals surface area contributed by atoms with Crippen LogP contribution in [0.4, 0.5) is 0 Å². The molecule has 0 saturated carbocycles. The zero-order valence-electron chi connectivity index (χ0n) is 11.8. The zero-order valence-corrected chi connectivity index (χ0v) is 11.8. The molecule has 10 nitrogen and oxygen atoms in total. The van der Waals surface area contributed by atoms with Crippen LogP contribution in [0, 0.1) is 0 Å². The highest BCUT2D eigenvalue weighted by molar-refractivity contribution is 5.86. The van der Waals surface area contributed by atoms with Crippen molar-refractivity contribution in [3.8, 4) is 0 Å². The molecule has 0 amide bonds. The summed E-state index contributed by atoms with van der Waals surface area (Å²) in [6.45, 7) is 0.0694. The molecule has 0 unspecified atom stereocenters.